The van der Waals surface area contributed by atoms with Crippen molar-refractivity contribution in [1.29, 1.82) is 0 Å². The van der Waals surface area contributed by atoms with Gasteiger partial charge in [0.15, 0.2) is 5.82 Å². The lowest BCUT2D eigenvalue weighted by Crippen LogP contribution is -2.13. The van der Waals surface area contributed by atoms with E-state index in [1.807, 2.05) is 6.07 Å². The fourth-order valence-corrected chi connectivity index (χ4v) is 1.53. The van der Waals surface area contributed by atoms with Crippen LogP contribution in [0, 0.1) is 0 Å². The number of nitrogens with two attached hydrogens (primary N) is 1. The number of fused-ring (bicyclic) bond motifs is 1. The van der Waals surface area contributed by atoms with Crippen LogP contribution in [0.15, 0.2) is 36.8 Å². The molecule has 18 heavy (non-hydrogen) atoms. The second-order valence-corrected chi connectivity index (χ2v) is 3.60. The van der Waals surface area contributed by atoms with Crippen LogP contribution in [0.25, 0.3) is 17.2 Å². The van der Waals surface area contributed by atoms with Gasteiger partial charge in [-0.1, -0.05) is 0 Å². The van der Waals surface area contributed by atoms with Gasteiger partial charge in [-0.2, -0.15) is 4.98 Å². The summed E-state index contributed by atoms with van der Waals surface area (Å²) in [6.07, 6.45) is 4.92. The average molecular weight is 240 g/mol. The molecule has 1 amide bonds. The number of primary amides is 1. The number of hydrogen-bond acceptors (Lipinski definition) is 5. The van der Waals surface area contributed by atoms with Gasteiger partial charge < -0.3 is 5.73 Å². The van der Waals surface area contributed by atoms with Gasteiger partial charge in [0.1, 0.15) is 5.69 Å². The first-order valence-electron chi connectivity index (χ1n) is 5.18. The van der Waals surface area contributed by atoms with Crippen molar-refractivity contribution in [1.82, 2.24) is 24.6 Å². The highest BCUT2D eigenvalue weighted by atomic mass is 16.1. The highest BCUT2D eigenvalue weighted by Crippen LogP contribution is 2.13. The Labute approximate surface area is 101 Å². The Balaban J connectivity index is 2.14. The Bertz CT molecular complexity index is 721. The minimum Gasteiger partial charge on any atom is -0.364 e. The fourth-order valence-electron chi connectivity index (χ4n) is 1.53. The topological polar surface area (TPSA) is 99.1 Å². The van der Waals surface area contributed by atoms with Crippen molar-refractivity contribution < 1.29 is 4.79 Å². The van der Waals surface area contributed by atoms with Gasteiger partial charge in [0.25, 0.3) is 11.7 Å². The summed E-state index contributed by atoms with van der Waals surface area (Å²) in [4.78, 5) is 23.2. The smallest absolute Gasteiger partial charge is 0.267 e. The van der Waals surface area contributed by atoms with E-state index in [1.54, 1.807) is 24.7 Å². The molecular weight excluding hydrogens is 232 g/mol. The predicted molar refractivity (Wildman–Crippen MR) is 62.5 cm³/mol. The quantitative estimate of drug-likeness (QED) is 0.693. The van der Waals surface area contributed by atoms with E-state index < -0.39 is 5.91 Å². The molecule has 3 rings (SSSR count). The zero-order chi connectivity index (χ0) is 12.5. The van der Waals surface area contributed by atoms with E-state index >= 15 is 0 Å². The van der Waals surface area contributed by atoms with Crippen molar-refractivity contribution in [3.63, 3.8) is 0 Å². The summed E-state index contributed by atoms with van der Waals surface area (Å²) in [5, 5.41) is 4.23. The van der Waals surface area contributed by atoms with Gasteiger partial charge in [0, 0.05) is 24.2 Å². The summed E-state index contributed by atoms with van der Waals surface area (Å²) in [6, 6.07) is 5.14. The van der Waals surface area contributed by atoms with Crippen LogP contribution in [-0.4, -0.2) is 30.5 Å². The number of rotatable bonds is 2. The fraction of sp³-hybridized carbons (Fsp3) is 0. The molecule has 7 heteroatoms. The number of carbonyl (C=O) groups is 1. The molecule has 0 aromatic carbocycles. The van der Waals surface area contributed by atoms with E-state index in [0.29, 0.717) is 11.6 Å². The summed E-state index contributed by atoms with van der Waals surface area (Å²) in [5.74, 6) is 0.228. The predicted octanol–water partition coefficient (Wildman–Crippen LogP) is 0.285. The maximum Gasteiger partial charge on any atom is 0.267 e. The van der Waals surface area contributed by atoms with Crippen LogP contribution in [0.1, 0.15) is 10.5 Å². The molecule has 0 saturated carbocycles. The molecule has 0 radical (unpaired) electrons. The average Bonchev–Trinajstić information content (AvgIpc) is 2.82. The van der Waals surface area contributed by atoms with Crippen LogP contribution < -0.4 is 5.73 Å². The maximum absolute atomic E-state index is 11.0. The van der Waals surface area contributed by atoms with E-state index in [9.17, 15) is 4.79 Å². The minimum atomic E-state index is -0.594. The Kier molecular flexibility index (Phi) is 2.23. The van der Waals surface area contributed by atoms with Gasteiger partial charge in [-0.15, -0.1) is 5.10 Å². The third-order valence-corrected chi connectivity index (χ3v) is 2.38. The third kappa shape index (κ3) is 1.67. The largest absolute Gasteiger partial charge is 0.364 e. The Morgan fingerprint density at radius 2 is 2.17 bits per heavy atom. The Morgan fingerprint density at radius 3 is 2.89 bits per heavy atom. The van der Waals surface area contributed by atoms with Crippen molar-refractivity contribution in [3.05, 3.63) is 42.5 Å². The number of carbonyl (C=O) groups excluding carboxylic acids is 1. The summed E-state index contributed by atoms with van der Waals surface area (Å²) in [6.45, 7) is 0. The number of amides is 1. The van der Waals surface area contributed by atoms with Crippen LogP contribution in [0.4, 0.5) is 0 Å². The molecular formula is C11H8N6O. The molecule has 2 N–H and O–H groups in total. The molecule has 0 spiro atoms. The molecule has 3 heterocycles. The zero-order valence-corrected chi connectivity index (χ0v) is 9.19. The first kappa shape index (κ1) is 10.3. The van der Waals surface area contributed by atoms with E-state index in [1.165, 1.54) is 10.6 Å². The third-order valence-electron chi connectivity index (χ3n) is 2.38. The standard InChI is InChI=1S/C11H8N6O/c12-9(18)8-3-5-17-11(14-8)15-10(16-17)7-2-1-4-13-6-7/h1-6H,(H2,12,18). The van der Waals surface area contributed by atoms with Gasteiger partial charge in [-0.25, -0.2) is 9.50 Å². The Hall–Kier alpha value is -2.83. The molecule has 0 aliphatic heterocycles. The second kappa shape index (κ2) is 3.88. The first-order chi connectivity index (χ1) is 8.74. The molecule has 88 valence electrons. The monoisotopic (exact) mass is 240 g/mol. The SMILES string of the molecule is NC(=O)c1ccn2nc(-c3cccnc3)nc2n1. The van der Waals surface area contributed by atoms with Crippen molar-refractivity contribution >= 4 is 11.7 Å². The summed E-state index contributed by atoms with van der Waals surface area (Å²) in [5.41, 5.74) is 6.09. The normalized spacial score (nSPS) is 10.7. The van der Waals surface area contributed by atoms with Crippen LogP contribution in [0.3, 0.4) is 0 Å². The highest BCUT2D eigenvalue weighted by Gasteiger charge is 2.09. The van der Waals surface area contributed by atoms with E-state index in [0.717, 1.165) is 5.56 Å². The van der Waals surface area contributed by atoms with Gasteiger partial charge in [0.2, 0.25) is 0 Å². The molecule has 0 saturated heterocycles. The summed E-state index contributed by atoms with van der Waals surface area (Å²) < 4.78 is 1.48. The van der Waals surface area contributed by atoms with Crippen molar-refractivity contribution in [2.75, 3.05) is 0 Å². The van der Waals surface area contributed by atoms with Crippen molar-refractivity contribution in [2.24, 2.45) is 5.73 Å². The van der Waals surface area contributed by atoms with Gasteiger partial charge in [-0.05, 0) is 18.2 Å². The second-order valence-electron chi connectivity index (χ2n) is 3.60. The van der Waals surface area contributed by atoms with Gasteiger partial charge in [0.05, 0.1) is 0 Å². The van der Waals surface area contributed by atoms with Crippen LogP contribution >= 0.6 is 0 Å². The number of hydrogen-bond donors (Lipinski definition) is 1. The zero-order valence-electron chi connectivity index (χ0n) is 9.19. The molecule has 0 unspecified atom stereocenters. The van der Waals surface area contributed by atoms with Crippen LogP contribution in [0.5, 0.6) is 0 Å². The molecule has 0 atom stereocenters. The van der Waals surface area contributed by atoms with Crippen LogP contribution in [0.2, 0.25) is 0 Å². The molecule has 0 aliphatic rings. The lowest BCUT2D eigenvalue weighted by molar-refractivity contribution is 0.0995. The molecule has 0 aliphatic carbocycles. The number of pyridine rings is 1. The van der Waals surface area contributed by atoms with Crippen molar-refractivity contribution in [2.45, 2.75) is 0 Å². The lowest BCUT2D eigenvalue weighted by Gasteiger charge is -1.93. The Morgan fingerprint density at radius 1 is 1.28 bits per heavy atom. The van der Waals surface area contributed by atoms with Gasteiger partial charge >= 0.3 is 0 Å². The summed E-state index contributed by atoms with van der Waals surface area (Å²) in [7, 11) is 0. The molecule has 0 bridgehead atoms. The molecule has 0 fully saturated rings. The highest BCUT2D eigenvalue weighted by molar-refractivity contribution is 5.91. The maximum atomic E-state index is 11.0. The first-order valence-corrected chi connectivity index (χ1v) is 5.18. The van der Waals surface area contributed by atoms with E-state index in [2.05, 4.69) is 20.1 Å². The van der Waals surface area contributed by atoms with Gasteiger partial charge in [-0.3, -0.25) is 9.78 Å². The van der Waals surface area contributed by atoms with E-state index in [-0.39, 0.29) is 5.69 Å². The number of aromatic nitrogens is 5. The molecule has 3 aromatic heterocycles. The van der Waals surface area contributed by atoms with E-state index in [4.69, 9.17) is 5.73 Å². The van der Waals surface area contributed by atoms with Crippen LogP contribution in [-0.2, 0) is 0 Å². The lowest BCUT2D eigenvalue weighted by atomic mass is 10.3. The molecule has 7 nitrogen and oxygen atoms in total. The van der Waals surface area contributed by atoms with Crippen molar-refractivity contribution in [3.8, 4) is 11.4 Å². The summed E-state index contributed by atoms with van der Waals surface area (Å²) >= 11 is 0. The minimum absolute atomic E-state index is 0.160. The molecule has 3 aromatic rings. The number of nitrogens with zero attached hydrogens (tertiary/aromatic N) is 5.